The number of nitrogens with zero attached hydrogens (tertiary/aromatic N) is 1. The first-order valence-electron chi connectivity index (χ1n) is 10.2. The third-order valence-corrected chi connectivity index (χ3v) is 5.72. The molecule has 0 atom stereocenters. The highest BCUT2D eigenvalue weighted by Crippen LogP contribution is 2.34. The van der Waals surface area contributed by atoms with E-state index in [1.807, 2.05) is 30.3 Å². The van der Waals surface area contributed by atoms with E-state index in [1.54, 1.807) is 37.3 Å². The molecule has 1 aliphatic rings. The third kappa shape index (κ3) is 3.77. The number of hydrogen-bond donors (Lipinski definition) is 0. The summed E-state index contributed by atoms with van der Waals surface area (Å²) in [4.78, 5) is 27.9. The minimum absolute atomic E-state index is 0.0578. The van der Waals surface area contributed by atoms with Crippen LogP contribution in [0.15, 0.2) is 57.7 Å². The van der Waals surface area contributed by atoms with Crippen molar-refractivity contribution >= 4 is 16.9 Å². The first-order chi connectivity index (χ1) is 14.6. The second-order valence-electron chi connectivity index (χ2n) is 7.51. The van der Waals surface area contributed by atoms with Crippen LogP contribution in [0, 0.1) is 0 Å². The standard InChI is InChI=1S/C24H25NO5/c1-28-21-13-7-9-17(22(21)29-2)15-25(18-10-4-5-11-18)23(26)19-14-16-8-3-6-12-20(16)30-24(19)27/h3,6-9,12-14,18H,4-5,10-11,15H2,1-2H3. The van der Waals surface area contributed by atoms with Crippen LogP contribution in [0.4, 0.5) is 0 Å². The van der Waals surface area contributed by atoms with Crippen molar-refractivity contribution in [1.82, 2.24) is 4.90 Å². The van der Waals surface area contributed by atoms with Crippen molar-refractivity contribution in [2.45, 2.75) is 38.3 Å². The number of fused-ring (bicyclic) bond motifs is 1. The fourth-order valence-corrected chi connectivity index (χ4v) is 4.21. The molecule has 1 saturated carbocycles. The Morgan fingerprint density at radius 1 is 1.07 bits per heavy atom. The molecular weight excluding hydrogens is 382 g/mol. The molecule has 1 aromatic heterocycles. The van der Waals surface area contributed by atoms with Crippen LogP contribution in [0.1, 0.15) is 41.6 Å². The lowest BCUT2D eigenvalue weighted by Gasteiger charge is -2.29. The quantitative estimate of drug-likeness (QED) is 0.567. The fourth-order valence-electron chi connectivity index (χ4n) is 4.21. The fraction of sp³-hybridized carbons (Fsp3) is 0.333. The Kier molecular flexibility index (Phi) is 5.74. The molecule has 1 aliphatic carbocycles. The minimum Gasteiger partial charge on any atom is -0.493 e. The van der Waals surface area contributed by atoms with Gasteiger partial charge in [-0.1, -0.05) is 43.2 Å². The van der Waals surface area contributed by atoms with Crippen molar-refractivity contribution in [3.05, 3.63) is 70.1 Å². The van der Waals surface area contributed by atoms with Crippen molar-refractivity contribution in [2.24, 2.45) is 0 Å². The van der Waals surface area contributed by atoms with E-state index in [9.17, 15) is 9.59 Å². The van der Waals surface area contributed by atoms with Gasteiger partial charge in [0.25, 0.3) is 5.91 Å². The summed E-state index contributed by atoms with van der Waals surface area (Å²) < 4.78 is 16.4. The Morgan fingerprint density at radius 3 is 2.57 bits per heavy atom. The number of para-hydroxylation sites is 2. The smallest absolute Gasteiger partial charge is 0.349 e. The zero-order valence-electron chi connectivity index (χ0n) is 17.2. The van der Waals surface area contributed by atoms with E-state index in [1.165, 1.54) is 0 Å². The third-order valence-electron chi connectivity index (χ3n) is 5.72. The van der Waals surface area contributed by atoms with Gasteiger partial charge in [-0.05, 0) is 31.0 Å². The SMILES string of the molecule is COc1cccc(CN(C(=O)c2cc3ccccc3oc2=O)C2CCCC2)c1OC. The van der Waals surface area contributed by atoms with Gasteiger partial charge in [0.05, 0.1) is 20.8 Å². The van der Waals surface area contributed by atoms with Gasteiger partial charge in [-0.3, -0.25) is 4.79 Å². The molecule has 1 amide bonds. The summed E-state index contributed by atoms with van der Waals surface area (Å²) in [6.45, 7) is 0.330. The number of ether oxygens (including phenoxy) is 2. The van der Waals surface area contributed by atoms with E-state index in [-0.39, 0.29) is 17.5 Å². The zero-order chi connectivity index (χ0) is 21.1. The Hall–Kier alpha value is -3.28. The number of rotatable bonds is 6. The second kappa shape index (κ2) is 8.61. The molecule has 156 valence electrons. The summed E-state index contributed by atoms with van der Waals surface area (Å²) in [6, 6.07) is 14.5. The number of carbonyl (C=O) groups is 1. The molecule has 6 nitrogen and oxygen atoms in total. The Morgan fingerprint density at radius 2 is 1.83 bits per heavy atom. The number of hydrogen-bond acceptors (Lipinski definition) is 5. The zero-order valence-corrected chi connectivity index (χ0v) is 17.2. The number of amides is 1. The average Bonchev–Trinajstić information content (AvgIpc) is 3.30. The number of carbonyl (C=O) groups excluding carboxylic acids is 1. The molecule has 0 spiro atoms. The molecule has 1 heterocycles. The normalized spacial score (nSPS) is 14.1. The lowest BCUT2D eigenvalue weighted by Crippen LogP contribution is -2.40. The van der Waals surface area contributed by atoms with Crippen molar-refractivity contribution in [1.29, 1.82) is 0 Å². The average molecular weight is 407 g/mol. The summed E-state index contributed by atoms with van der Waals surface area (Å²) in [5.74, 6) is 0.895. The molecule has 3 aromatic rings. The Bertz CT molecular complexity index is 1110. The molecule has 4 rings (SSSR count). The molecule has 0 radical (unpaired) electrons. The van der Waals surface area contributed by atoms with E-state index in [2.05, 4.69) is 0 Å². The van der Waals surface area contributed by atoms with Crippen molar-refractivity contribution in [3.8, 4) is 11.5 Å². The molecule has 0 N–H and O–H groups in total. The van der Waals surface area contributed by atoms with Crippen LogP contribution in [0.2, 0.25) is 0 Å². The molecule has 1 fully saturated rings. The summed E-state index contributed by atoms with van der Waals surface area (Å²) in [5, 5.41) is 0.728. The van der Waals surface area contributed by atoms with E-state index in [0.717, 1.165) is 36.6 Å². The first-order valence-corrected chi connectivity index (χ1v) is 10.2. The first kappa shape index (κ1) is 20.0. The molecule has 0 aliphatic heterocycles. The van der Waals surface area contributed by atoms with Gasteiger partial charge in [-0.2, -0.15) is 0 Å². The van der Waals surface area contributed by atoms with Crippen molar-refractivity contribution in [2.75, 3.05) is 14.2 Å². The summed E-state index contributed by atoms with van der Waals surface area (Å²) in [5.41, 5.74) is 0.755. The van der Waals surface area contributed by atoms with Crippen LogP contribution < -0.4 is 15.1 Å². The van der Waals surface area contributed by atoms with Crippen LogP contribution in [0.3, 0.4) is 0 Å². The van der Waals surface area contributed by atoms with Crippen LogP contribution in [-0.4, -0.2) is 31.1 Å². The predicted molar refractivity (Wildman–Crippen MR) is 114 cm³/mol. The highest BCUT2D eigenvalue weighted by atomic mass is 16.5. The van der Waals surface area contributed by atoms with Crippen LogP contribution >= 0.6 is 0 Å². The molecule has 2 aromatic carbocycles. The van der Waals surface area contributed by atoms with Crippen LogP contribution in [-0.2, 0) is 6.54 Å². The van der Waals surface area contributed by atoms with Gasteiger partial charge in [0.1, 0.15) is 11.1 Å². The topological polar surface area (TPSA) is 69.0 Å². The molecule has 0 saturated heterocycles. The predicted octanol–water partition coefficient (Wildman–Crippen LogP) is 4.40. The molecular formula is C24H25NO5. The second-order valence-corrected chi connectivity index (χ2v) is 7.51. The van der Waals surface area contributed by atoms with Gasteiger partial charge >= 0.3 is 5.63 Å². The largest absolute Gasteiger partial charge is 0.493 e. The number of methoxy groups -OCH3 is 2. The van der Waals surface area contributed by atoms with Gasteiger partial charge in [0.15, 0.2) is 11.5 Å². The molecule has 30 heavy (non-hydrogen) atoms. The highest BCUT2D eigenvalue weighted by Gasteiger charge is 2.30. The molecule has 0 bridgehead atoms. The van der Waals surface area contributed by atoms with Gasteiger partial charge < -0.3 is 18.8 Å². The van der Waals surface area contributed by atoms with Crippen molar-refractivity contribution < 1.29 is 18.7 Å². The maximum absolute atomic E-state index is 13.5. The molecule has 6 heteroatoms. The van der Waals surface area contributed by atoms with Crippen molar-refractivity contribution in [3.63, 3.8) is 0 Å². The maximum Gasteiger partial charge on any atom is 0.349 e. The monoisotopic (exact) mass is 407 g/mol. The van der Waals surface area contributed by atoms with E-state index >= 15 is 0 Å². The lowest BCUT2D eigenvalue weighted by molar-refractivity contribution is 0.0658. The van der Waals surface area contributed by atoms with Gasteiger partial charge in [0, 0.05) is 17.0 Å². The summed E-state index contributed by atoms with van der Waals surface area (Å²) >= 11 is 0. The van der Waals surface area contributed by atoms with E-state index in [4.69, 9.17) is 13.9 Å². The molecule has 0 unspecified atom stereocenters. The van der Waals surface area contributed by atoms with E-state index < -0.39 is 5.63 Å². The summed E-state index contributed by atoms with van der Waals surface area (Å²) in [7, 11) is 3.17. The Labute approximate surface area is 175 Å². The van der Waals surface area contributed by atoms with Crippen LogP contribution in [0.5, 0.6) is 11.5 Å². The lowest BCUT2D eigenvalue weighted by atomic mass is 10.1. The highest BCUT2D eigenvalue weighted by molar-refractivity contribution is 5.96. The Balaban J connectivity index is 1.74. The van der Waals surface area contributed by atoms with Gasteiger partial charge in [0.2, 0.25) is 0 Å². The maximum atomic E-state index is 13.5. The van der Waals surface area contributed by atoms with E-state index in [0.29, 0.717) is 23.6 Å². The van der Waals surface area contributed by atoms with Crippen LogP contribution in [0.25, 0.3) is 11.0 Å². The number of benzene rings is 2. The van der Waals surface area contributed by atoms with Gasteiger partial charge in [-0.15, -0.1) is 0 Å². The van der Waals surface area contributed by atoms with Gasteiger partial charge in [-0.25, -0.2) is 4.79 Å². The minimum atomic E-state index is -0.612. The summed E-state index contributed by atoms with van der Waals surface area (Å²) in [6.07, 6.45) is 3.96.